The first kappa shape index (κ1) is 7.60. The van der Waals surface area contributed by atoms with Gasteiger partial charge in [0, 0.05) is 5.56 Å². The van der Waals surface area contributed by atoms with Gasteiger partial charge in [0.25, 0.3) is 0 Å². The van der Waals surface area contributed by atoms with E-state index in [1.54, 1.807) is 12.1 Å². The highest BCUT2D eigenvalue weighted by Gasteiger charge is 2.11. The van der Waals surface area contributed by atoms with Gasteiger partial charge < -0.3 is 5.11 Å². The Labute approximate surface area is 73.5 Å². The summed E-state index contributed by atoms with van der Waals surface area (Å²) >= 11 is 0. The topological polar surface area (TPSA) is 74.4 Å². The maximum atomic E-state index is 10.6. The Morgan fingerprint density at radius 1 is 1.08 bits per heavy atom. The van der Waals surface area contributed by atoms with Crippen molar-refractivity contribution >= 4 is 11.9 Å². The zero-order valence-corrected chi connectivity index (χ0v) is 6.51. The average Bonchev–Trinajstić information content (AvgIpc) is 2.53. The van der Waals surface area contributed by atoms with Gasteiger partial charge in [-0.3, -0.25) is 0 Å². The molecule has 0 saturated carbocycles. The molecule has 13 heavy (non-hydrogen) atoms. The van der Waals surface area contributed by atoms with E-state index in [9.17, 15) is 4.79 Å². The van der Waals surface area contributed by atoms with E-state index in [0.717, 1.165) is 0 Å². The summed E-state index contributed by atoms with van der Waals surface area (Å²) in [5.41, 5.74) is 0.660. The van der Waals surface area contributed by atoms with E-state index >= 15 is 0 Å². The van der Waals surface area contributed by atoms with E-state index in [-0.39, 0.29) is 11.6 Å². The predicted octanol–water partition coefficient (Wildman–Crippen LogP) is 1.72. The third kappa shape index (κ3) is 1.44. The van der Waals surface area contributed by atoms with Gasteiger partial charge >= 0.3 is 6.03 Å². The van der Waals surface area contributed by atoms with Crippen LogP contribution in [0.2, 0.25) is 0 Å². The number of carbonyl (C=O) groups is 1. The lowest BCUT2D eigenvalue weighted by molar-refractivity contribution is 0.257. The van der Waals surface area contributed by atoms with Crippen LogP contribution in [0.25, 0.3) is 0 Å². The summed E-state index contributed by atoms with van der Waals surface area (Å²) in [4.78, 5) is 14.1. The van der Waals surface area contributed by atoms with Gasteiger partial charge in [-0.25, -0.2) is 4.79 Å². The molecule has 2 amide bonds. The molecular formula is C8H5N3O2. The molecule has 5 nitrogen and oxygen atoms in total. The Morgan fingerprint density at radius 2 is 1.77 bits per heavy atom. The number of carbonyl (C=O) groups excluding carboxylic acids is 1. The predicted molar refractivity (Wildman–Crippen MR) is 44.9 cm³/mol. The number of urea groups is 1. The van der Waals surface area contributed by atoms with Crippen molar-refractivity contribution in [1.82, 2.24) is 0 Å². The van der Waals surface area contributed by atoms with Crippen LogP contribution in [0.4, 0.5) is 4.79 Å². The highest BCUT2D eigenvalue weighted by molar-refractivity contribution is 6.08. The Kier molecular flexibility index (Phi) is 1.63. The number of aromatic hydroxyl groups is 1. The van der Waals surface area contributed by atoms with Gasteiger partial charge in [0.15, 0.2) is 5.84 Å². The number of rotatable bonds is 1. The van der Waals surface area contributed by atoms with E-state index in [4.69, 9.17) is 5.11 Å². The molecule has 1 N–H and O–H groups in total. The summed E-state index contributed by atoms with van der Waals surface area (Å²) in [6.45, 7) is 0. The minimum atomic E-state index is -0.594. The van der Waals surface area contributed by atoms with Crippen molar-refractivity contribution in [2.75, 3.05) is 0 Å². The van der Waals surface area contributed by atoms with Gasteiger partial charge in [-0.15, -0.1) is 5.11 Å². The fraction of sp³-hybridized carbons (Fsp3) is 0. The largest absolute Gasteiger partial charge is 0.508 e. The minimum absolute atomic E-state index is 0.158. The number of phenols is 1. The summed E-state index contributed by atoms with van der Waals surface area (Å²) in [6, 6.07) is 5.63. The number of nitrogens with zero attached hydrogens (tertiary/aromatic N) is 3. The standard InChI is InChI=1S/C8H5N3O2/c12-6-3-1-5(2-4-6)7-9-8(13)11-10-7/h1-4,12H. The van der Waals surface area contributed by atoms with E-state index in [2.05, 4.69) is 15.2 Å². The van der Waals surface area contributed by atoms with Crippen molar-refractivity contribution in [3.63, 3.8) is 0 Å². The molecule has 1 aliphatic heterocycles. The number of benzene rings is 1. The summed E-state index contributed by atoms with van der Waals surface area (Å²) in [6.07, 6.45) is 0. The van der Waals surface area contributed by atoms with Gasteiger partial charge in [0.1, 0.15) is 5.75 Å². The SMILES string of the molecule is O=C1N=NC(c2ccc(O)cc2)=N1. The van der Waals surface area contributed by atoms with Gasteiger partial charge in [-0.05, 0) is 24.3 Å². The summed E-state index contributed by atoms with van der Waals surface area (Å²) in [7, 11) is 0. The monoisotopic (exact) mass is 175 g/mol. The zero-order chi connectivity index (χ0) is 9.26. The lowest BCUT2D eigenvalue weighted by Gasteiger charge is -1.94. The van der Waals surface area contributed by atoms with Gasteiger partial charge in [0.2, 0.25) is 0 Å². The molecule has 0 unspecified atom stereocenters. The number of amidine groups is 1. The zero-order valence-electron chi connectivity index (χ0n) is 6.51. The van der Waals surface area contributed by atoms with Crippen LogP contribution in [0.15, 0.2) is 39.5 Å². The van der Waals surface area contributed by atoms with Crippen molar-refractivity contribution < 1.29 is 9.90 Å². The average molecular weight is 175 g/mol. The highest BCUT2D eigenvalue weighted by Crippen LogP contribution is 2.13. The van der Waals surface area contributed by atoms with Crippen LogP contribution in [-0.2, 0) is 0 Å². The molecule has 64 valence electrons. The molecular weight excluding hydrogens is 170 g/mol. The van der Waals surface area contributed by atoms with E-state index in [0.29, 0.717) is 5.56 Å². The van der Waals surface area contributed by atoms with Crippen molar-refractivity contribution in [2.24, 2.45) is 15.2 Å². The maximum Gasteiger partial charge on any atom is 0.387 e. The van der Waals surface area contributed by atoms with Gasteiger partial charge in [-0.1, -0.05) is 5.11 Å². The first-order valence-electron chi connectivity index (χ1n) is 3.59. The van der Waals surface area contributed by atoms with Crippen LogP contribution in [-0.4, -0.2) is 17.0 Å². The lowest BCUT2D eigenvalue weighted by atomic mass is 10.2. The molecule has 1 aromatic rings. The molecule has 0 saturated heterocycles. The number of azo groups is 1. The molecule has 0 spiro atoms. The number of aliphatic imine (C=N–C) groups is 1. The van der Waals surface area contributed by atoms with Gasteiger partial charge in [0.05, 0.1) is 0 Å². The summed E-state index contributed by atoms with van der Waals surface area (Å²) < 4.78 is 0. The Balaban J connectivity index is 2.37. The van der Waals surface area contributed by atoms with Crippen LogP contribution >= 0.6 is 0 Å². The van der Waals surface area contributed by atoms with Crippen LogP contribution in [0.3, 0.4) is 0 Å². The van der Waals surface area contributed by atoms with Crippen molar-refractivity contribution in [1.29, 1.82) is 0 Å². The number of phenolic OH excluding ortho intramolecular Hbond substituents is 1. The molecule has 0 atom stereocenters. The third-order valence-corrected chi connectivity index (χ3v) is 1.56. The second-order valence-corrected chi connectivity index (χ2v) is 2.46. The van der Waals surface area contributed by atoms with Crippen molar-refractivity contribution in [3.05, 3.63) is 29.8 Å². The van der Waals surface area contributed by atoms with E-state index < -0.39 is 6.03 Å². The Hall–Kier alpha value is -2.04. The highest BCUT2D eigenvalue weighted by atomic mass is 16.3. The quantitative estimate of drug-likeness (QED) is 0.705. The first-order valence-corrected chi connectivity index (χ1v) is 3.59. The van der Waals surface area contributed by atoms with Crippen molar-refractivity contribution in [2.45, 2.75) is 0 Å². The van der Waals surface area contributed by atoms with E-state index in [1.807, 2.05) is 0 Å². The molecule has 2 rings (SSSR count). The summed E-state index contributed by atoms with van der Waals surface area (Å²) in [5.74, 6) is 0.440. The first-order chi connectivity index (χ1) is 6.25. The van der Waals surface area contributed by atoms with E-state index in [1.165, 1.54) is 12.1 Å². The van der Waals surface area contributed by atoms with Crippen LogP contribution in [0, 0.1) is 0 Å². The van der Waals surface area contributed by atoms with Crippen LogP contribution in [0.5, 0.6) is 5.75 Å². The molecule has 0 bridgehead atoms. The number of hydrogen-bond donors (Lipinski definition) is 1. The van der Waals surface area contributed by atoms with Crippen molar-refractivity contribution in [3.8, 4) is 5.75 Å². The minimum Gasteiger partial charge on any atom is -0.508 e. The van der Waals surface area contributed by atoms with Crippen LogP contribution in [0.1, 0.15) is 5.56 Å². The second kappa shape index (κ2) is 2.78. The third-order valence-electron chi connectivity index (χ3n) is 1.56. The number of amides is 2. The molecule has 1 aromatic carbocycles. The Bertz CT molecular complexity index is 406. The molecule has 1 aliphatic rings. The molecule has 5 heteroatoms. The molecule has 0 aliphatic carbocycles. The molecule has 0 radical (unpaired) electrons. The Morgan fingerprint density at radius 3 is 2.31 bits per heavy atom. The maximum absolute atomic E-state index is 10.6. The summed E-state index contributed by atoms with van der Waals surface area (Å²) in [5, 5.41) is 15.8. The molecule has 0 aromatic heterocycles. The van der Waals surface area contributed by atoms with Gasteiger partial charge in [-0.2, -0.15) is 4.99 Å². The normalized spacial score (nSPS) is 14.8. The number of hydrogen-bond acceptors (Lipinski definition) is 3. The second-order valence-electron chi connectivity index (χ2n) is 2.46. The smallest absolute Gasteiger partial charge is 0.387 e. The van der Waals surface area contributed by atoms with Crippen LogP contribution < -0.4 is 0 Å². The lowest BCUT2D eigenvalue weighted by Crippen LogP contribution is -1.92. The fourth-order valence-corrected chi connectivity index (χ4v) is 0.958. The molecule has 0 fully saturated rings. The fourth-order valence-electron chi connectivity index (χ4n) is 0.958. The molecule has 1 heterocycles.